The van der Waals surface area contributed by atoms with E-state index in [9.17, 15) is 0 Å². The van der Waals surface area contributed by atoms with E-state index in [0.717, 1.165) is 0 Å². The van der Waals surface area contributed by atoms with Gasteiger partial charge in [-0.05, 0) is 89.9 Å². The van der Waals surface area contributed by atoms with Gasteiger partial charge in [-0.3, -0.25) is 0 Å². The molecule has 39 heavy (non-hydrogen) atoms. The molecular weight excluding hydrogens is 491 g/mol. The maximum Gasteiger partial charge on any atom is 0.254 e. The minimum atomic E-state index is 0.0742. The van der Waals surface area contributed by atoms with Gasteiger partial charge in [-0.2, -0.15) is 0 Å². The number of benzene rings is 4. The molecule has 1 aromatic heterocycles. The van der Waals surface area contributed by atoms with E-state index in [1.807, 2.05) is 11.3 Å². The number of aryl methyl sites for hydroxylation is 1. The summed E-state index contributed by atoms with van der Waals surface area (Å²) in [5.74, 6) is 0. The van der Waals surface area contributed by atoms with Crippen LogP contribution in [-0.4, -0.2) is 12.3 Å². The molecule has 1 aliphatic carbocycles. The molecule has 4 heteroatoms. The summed E-state index contributed by atoms with van der Waals surface area (Å²) >= 11 is 1.95. The lowest BCUT2D eigenvalue weighted by Gasteiger charge is -2.52. The standard InChI is InChI=1S/C35H31BN2S/c1-22-20-27-31-28(21-22)38-32-25(34(2)18-9-10-19-35(34,38)3)15-11-16-26(32)36(31)30-24-14-7-8-17-29(24)39-33(30)37(27)23-12-5-4-6-13-23/h4-8,11-17,20-21H,9-10,18-19H2,1-3H3. The second-order valence-electron chi connectivity index (χ2n) is 12.5. The van der Waals surface area contributed by atoms with Crippen LogP contribution in [0.25, 0.3) is 10.1 Å². The molecule has 2 atom stereocenters. The summed E-state index contributed by atoms with van der Waals surface area (Å²) in [5.41, 5.74) is 13.1. The molecule has 4 aliphatic rings. The molecule has 4 heterocycles. The Kier molecular flexibility index (Phi) is 4.22. The molecule has 190 valence electrons. The third kappa shape index (κ3) is 2.55. The molecule has 0 saturated heterocycles. The number of hydrogen-bond acceptors (Lipinski definition) is 3. The van der Waals surface area contributed by atoms with Crippen LogP contribution in [0, 0.1) is 6.92 Å². The molecule has 1 fully saturated rings. The molecule has 0 amide bonds. The zero-order valence-electron chi connectivity index (χ0n) is 22.8. The van der Waals surface area contributed by atoms with Crippen molar-refractivity contribution in [2.24, 2.45) is 0 Å². The van der Waals surface area contributed by atoms with E-state index in [-0.39, 0.29) is 17.7 Å². The Hall–Kier alpha value is -3.50. The molecule has 9 rings (SSSR count). The summed E-state index contributed by atoms with van der Waals surface area (Å²) in [6, 6.07) is 32.3. The van der Waals surface area contributed by atoms with Crippen molar-refractivity contribution >= 4 is 72.3 Å². The van der Waals surface area contributed by atoms with Crippen LogP contribution in [-0.2, 0) is 5.41 Å². The van der Waals surface area contributed by atoms with Crippen LogP contribution >= 0.6 is 11.3 Å². The normalized spacial score (nSPS) is 23.9. The number of hydrogen-bond donors (Lipinski definition) is 0. The molecule has 5 aromatic rings. The zero-order valence-corrected chi connectivity index (χ0v) is 23.6. The molecule has 3 aliphatic heterocycles. The number of nitrogens with zero attached hydrogens (tertiary/aromatic N) is 2. The van der Waals surface area contributed by atoms with E-state index in [4.69, 9.17) is 0 Å². The monoisotopic (exact) mass is 522 g/mol. The minimum Gasteiger partial charge on any atom is -0.335 e. The molecule has 0 N–H and O–H groups in total. The zero-order chi connectivity index (χ0) is 26.1. The van der Waals surface area contributed by atoms with E-state index in [2.05, 4.69) is 116 Å². The van der Waals surface area contributed by atoms with Crippen LogP contribution in [0.15, 0.2) is 84.9 Å². The first-order valence-electron chi connectivity index (χ1n) is 14.5. The Bertz CT molecular complexity index is 1840. The number of para-hydroxylation sites is 2. The summed E-state index contributed by atoms with van der Waals surface area (Å²) in [6.45, 7) is 7.65. The van der Waals surface area contributed by atoms with Crippen molar-refractivity contribution in [3.8, 4) is 0 Å². The molecule has 1 saturated carbocycles. The van der Waals surface area contributed by atoms with Gasteiger partial charge in [-0.25, -0.2) is 0 Å². The number of thiophene rings is 1. The fourth-order valence-corrected chi connectivity index (χ4v) is 10.00. The van der Waals surface area contributed by atoms with E-state index < -0.39 is 0 Å². The van der Waals surface area contributed by atoms with Gasteiger partial charge < -0.3 is 9.80 Å². The summed E-state index contributed by atoms with van der Waals surface area (Å²) in [5, 5.41) is 2.77. The minimum absolute atomic E-state index is 0.0742. The third-order valence-electron chi connectivity index (χ3n) is 10.6. The summed E-state index contributed by atoms with van der Waals surface area (Å²) in [6.07, 6.45) is 5.12. The summed E-state index contributed by atoms with van der Waals surface area (Å²) < 4.78 is 1.37. The van der Waals surface area contributed by atoms with E-state index >= 15 is 0 Å². The van der Waals surface area contributed by atoms with Gasteiger partial charge in [0.05, 0.1) is 10.5 Å². The van der Waals surface area contributed by atoms with Gasteiger partial charge in [-0.15, -0.1) is 11.3 Å². The van der Waals surface area contributed by atoms with Crippen molar-refractivity contribution in [1.29, 1.82) is 0 Å². The van der Waals surface area contributed by atoms with E-state index in [1.54, 1.807) is 5.56 Å². The summed E-state index contributed by atoms with van der Waals surface area (Å²) in [7, 11) is 0. The Morgan fingerprint density at radius 3 is 2.44 bits per heavy atom. The molecular formula is C35H31BN2S. The number of rotatable bonds is 1. The van der Waals surface area contributed by atoms with Gasteiger partial charge in [0.2, 0.25) is 0 Å². The van der Waals surface area contributed by atoms with Crippen LogP contribution in [0.2, 0.25) is 0 Å². The fraction of sp³-hybridized carbons (Fsp3) is 0.257. The Labute approximate surface area is 235 Å². The average Bonchev–Trinajstić information content (AvgIpc) is 3.43. The molecule has 0 spiro atoms. The van der Waals surface area contributed by atoms with E-state index in [1.165, 1.54) is 85.5 Å². The van der Waals surface area contributed by atoms with Gasteiger partial charge in [-0.1, -0.05) is 74.4 Å². The molecule has 2 nitrogen and oxygen atoms in total. The van der Waals surface area contributed by atoms with Crippen molar-refractivity contribution in [2.75, 3.05) is 9.80 Å². The first-order valence-corrected chi connectivity index (χ1v) is 15.3. The lowest BCUT2D eigenvalue weighted by molar-refractivity contribution is 0.195. The lowest BCUT2D eigenvalue weighted by atomic mass is 9.33. The second kappa shape index (κ2) is 7.37. The first-order chi connectivity index (χ1) is 19.0. The topological polar surface area (TPSA) is 6.48 Å². The first kappa shape index (κ1) is 22.3. The van der Waals surface area contributed by atoms with Gasteiger partial charge in [0.15, 0.2) is 0 Å². The second-order valence-corrected chi connectivity index (χ2v) is 13.6. The quantitative estimate of drug-likeness (QED) is 0.206. The highest BCUT2D eigenvalue weighted by Gasteiger charge is 2.61. The predicted molar refractivity (Wildman–Crippen MR) is 169 cm³/mol. The average molecular weight is 523 g/mol. The van der Waals surface area contributed by atoms with Crippen molar-refractivity contribution < 1.29 is 0 Å². The van der Waals surface area contributed by atoms with Gasteiger partial charge >= 0.3 is 0 Å². The highest BCUT2D eigenvalue weighted by Crippen LogP contribution is 2.61. The highest BCUT2D eigenvalue weighted by atomic mass is 32.1. The highest BCUT2D eigenvalue weighted by molar-refractivity contribution is 7.26. The maximum atomic E-state index is 2.82. The largest absolute Gasteiger partial charge is 0.335 e. The predicted octanol–water partition coefficient (Wildman–Crippen LogP) is 7.56. The van der Waals surface area contributed by atoms with Gasteiger partial charge in [0.1, 0.15) is 0 Å². The van der Waals surface area contributed by atoms with Crippen molar-refractivity contribution in [1.82, 2.24) is 0 Å². The van der Waals surface area contributed by atoms with Crippen LogP contribution in [0.4, 0.5) is 27.8 Å². The SMILES string of the molecule is Cc1cc2c3c(c1)N1c4c(cccc4C4(C)CCCCC14C)B3c1c(sc3ccccc13)N2c1ccccc1. The lowest BCUT2D eigenvalue weighted by Crippen LogP contribution is -2.64. The van der Waals surface area contributed by atoms with Crippen molar-refractivity contribution in [3.05, 3.63) is 96.1 Å². The Morgan fingerprint density at radius 2 is 1.56 bits per heavy atom. The van der Waals surface area contributed by atoms with E-state index in [0.29, 0.717) is 0 Å². The molecule has 2 unspecified atom stereocenters. The van der Waals surface area contributed by atoms with Gasteiger partial charge in [0, 0.05) is 32.9 Å². The van der Waals surface area contributed by atoms with Crippen LogP contribution < -0.4 is 26.2 Å². The molecule has 0 bridgehead atoms. The van der Waals surface area contributed by atoms with Crippen molar-refractivity contribution in [2.45, 2.75) is 57.4 Å². The fourth-order valence-electron chi connectivity index (χ4n) is 8.72. The van der Waals surface area contributed by atoms with Crippen LogP contribution in [0.3, 0.4) is 0 Å². The Balaban J connectivity index is 1.45. The van der Waals surface area contributed by atoms with Gasteiger partial charge in [0.25, 0.3) is 6.71 Å². The Morgan fingerprint density at radius 1 is 0.795 bits per heavy atom. The number of anilines is 5. The van der Waals surface area contributed by atoms with Crippen LogP contribution in [0.5, 0.6) is 0 Å². The van der Waals surface area contributed by atoms with Crippen molar-refractivity contribution in [3.63, 3.8) is 0 Å². The smallest absolute Gasteiger partial charge is 0.254 e. The van der Waals surface area contributed by atoms with Crippen LogP contribution in [0.1, 0.15) is 50.7 Å². The summed E-state index contributed by atoms with van der Waals surface area (Å²) in [4.78, 5) is 5.39. The third-order valence-corrected chi connectivity index (χ3v) is 11.8. The number of fused-ring (bicyclic) bond motifs is 9. The molecule has 0 radical (unpaired) electrons. The maximum absolute atomic E-state index is 2.82. The molecule has 4 aromatic carbocycles.